The molecule has 0 bridgehead atoms. The van der Waals surface area contributed by atoms with Crippen molar-refractivity contribution in [3.8, 4) is 0 Å². The lowest BCUT2D eigenvalue weighted by atomic mass is 10.2. The van der Waals surface area contributed by atoms with Gasteiger partial charge in [0.15, 0.2) is 0 Å². The van der Waals surface area contributed by atoms with Crippen molar-refractivity contribution in [2.75, 3.05) is 4.72 Å². The van der Waals surface area contributed by atoms with Gasteiger partial charge >= 0.3 is 0 Å². The number of hydrogen-bond acceptors (Lipinski definition) is 3. The molecule has 0 saturated heterocycles. The number of rotatable bonds is 3. The lowest BCUT2D eigenvalue weighted by Gasteiger charge is -2.07. The Balaban J connectivity index is 2.30. The molecule has 0 aliphatic heterocycles. The Labute approximate surface area is 123 Å². The molecule has 2 rings (SSSR count). The predicted octanol–water partition coefficient (Wildman–Crippen LogP) is 4.27. The highest BCUT2D eigenvalue weighted by molar-refractivity contribution is 9.10. The first-order valence-electron chi connectivity index (χ1n) is 4.93. The fraction of sp³-hybridized carbons (Fsp3) is 0.0909. The van der Waals surface area contributed by atoms with Crippen LogP contribution in [-0.2, 0) is 10.0 Å². The van der Waals surface area contributed by atoms with Crippen molar-refractivity contribution in [2.45, 2.75) is 11.1 Å². The first kappa shape index (κ1) is 13.9. The van der Waals surface area contributed by atoms with Crippen LogP contribution in [0.4, 0.5) is 5.69 Å². The standard InChI is InChI=1S/C11H9BrClNO2S2/c1-7-2-3-8(6-9(7)12)14-18(15,16)11-5-4-10(13)17-11/h2-6,14H,1H3. The van der Waals surface area contributed by atoms with Crippen LogP contribution in [0.5, 0.6) is 0 Å². The van der Waals surface area contributed by atoms with Gasteiger partial charge in [0.2, 0.25) is 0 Å². The molecule has 1 heterocycles. The first-order valence-corrected chi connectivity index (χ1v) is 8.40. The first-order chi connectivity index (χ1) is 8.38. The zero-order valence-electron chi connectivity index (χ0n) is 9.28. The number of hydrogen-bond donors (Lipinski definition) is 1. The summed E-state index contributed by atoms with van der Waals surface area (Å²) in [6.07, 6.45) is 0. The largest absolute Gasteiger partial charge is 0.279 e. The van der Waals surface area contributed by atoms with E-state index in [0.29, 0.717) is 10.0 Å². The fourth-order valence-electron chi connectivity index (χ4n) is 1.30. The van der Waals surface area contributed by atoms with E-state index in [2.05, 4.69) is 20.7 Å². The average molecular weight is 367 g/mol. The van der Waals surface area contributed by atoms with Crippen molar-refractivity contribution >= 4 is 54.6 Å². The van der Waals surface area contributed by atoms with Crippen LogP contribution in [-0.4, -0.2) is 8.42 Å². The van der Waals surface area contributed by atoms with Gasteiger partial charge in [0.1, 0.15) is 4.21 Å². The second kappa shape index (κ2) is 5.21. The Kier molecular flexibility index (Phi) is 4.01. The molecule has 18 heavy (non-hydrogen) atoms. The summed E-state index contributed by atoms with van der Waals surface area (Å²) in [7, 11) is -3.56. The third-order valence-electron chi connectivity index (χ3n) is 2.24. The maximum atomic E-state index is 12.0. The zero-order valence-corrected chi connectivity index (χ0v) is 13.3. The Hall–Kier alpha value is -0.560. The van der Waals surface area contributed by atoms with Crippen LogP contribution in [0.1, 0.15) is 5.56 Å². The topological polar surface area (TPSA) is 46.2 Å². The predicted molar refractivity (Wildman–Crippen MR) is 79.0 cm³/mol. The summed E-state index contributed by atoms with van der Waals surface area (Å²) in [5.74, 6) is 0. The monoisotopic (exact) mass is 365 g/mol. The Morgan fingerprint density at radius 3 is 2.56 bits per heavy atom. The van der Waals surface area contributed by atoms with Gasteiger partial charge in [-0.1, -0.05) is 33.6 Å². The maximum Gasteiger partial charge on any atom is 0.271 e. The van der Waals surface area contributed by atoms with Gasteiger partial charge in [-0.2, -0.15) is 0 Å². The van der Waals surface area contributed by atoms with Gasteiger partial charge in [0, 0.05) is 10.2 Å². The molecule has 0 atom stereocenters. The summed E-state index contributed by atoms with van der Waals surface area (Å²) in [6.45, 7) is 1.93. The molecular formula is C11H9BrClNO2S2. The van der Waals surface area contributed by atoms with E-state index >= 15 is 0 Å². The summed E-state index contributed by atoms with van der Waals surface area (Å²) in [4.78, 5) is 0. The van der Waals surface area contributed by atoms with Crippen LogP contribution in [0.25, 0.3) is 0 Å². The van der Waals surface area contributed by atoms with Crippen molar-refractivity contribution in [1.82, 2.24) is 0 Å². The number of halogens is 2. The van der Waals surface area contributed by atoms with E-state index in [-0.39, 0.29) is 4.21 Å². The molecule has 0 radical (unpaired) electrons. The van der Waals surface area contributed by atoms with Crippen LogP contribution < -0.4 is 4.72 Å². The van der Waals surface area contributed by atoms with Gasteiger partial charge in [0.05, 0.1) is 4.34 Å². The highest BCUT2D eigenvalue weighted by atomic mass is 79.9. The van der Waals surface area contributed by atoms with Gasteiger partial charge in [-0.05, 0) is 36.8 Å². The molecule has 0 saturated carbocycles. The van der Waals surface area contributed by atoms with E-state index < -0.39 is 10.0 Å². The van der Waals surface area contributed by atoms with Gasteiger partial charge in [-0.25, -0.2) is 8.42 Å². The summed E-state index contributed by atoms with van der Waals surface area (Å²) in [5, 5.41) is 0. The SMILES string of the molecule is Cc1ccc(NS(=O)(=O)c2ccc(Cl)s2)cc1Br. The second-order valence-corrected chi connectivity index (χ2v) is 8.11. The molecule has 0 spiro atoms. The third kappa shape index (κ3) is 3.06. The lowest BCUT2D eigenvalue weighted by molar-refractivity contribution is 0.603. The highest BCUT2D eigenvalue weighted by Gasteiger charge is 2.16. The molecule has 7 heteroatoms. The molecule has 1 aromatic heterocycles. The smallest absolute Gasteiger partial charge is 0.271 e. The minimum Gasteiger partial charge on any atom is -0.279 e. The van der Waals surface area contributed by atoms with E-state index in [1.807, 2.05) is 13.0 Å². The normalized spacial score (nSPS) is 11.5. The summed E-state index contributed by atoms with van der Waals surface area (Å²) in [5.41, 5.74) is 1.55. The molecule has 0 aliphatic rings. The number of aryl methyl sites for hydroxylation is 1. The van der Waals surface area contributed by atoms with Crippen molar-refractivity contribution in [2.24, 2.45) is 0 Å². The maximum absolute atomic E-state index is 12.0. The van der Waals surface area contributed by atoms with Crippen LogP contribution in [0.3, 0.4) is 0 Å². The van der Waals surface area contributed by atoms with Crippen molar-refractivity contribution in [1.29, 1.82) is 0 Å². The van der Waals surface area contributed by atoms with Gasteiger partial charge < -0.3 is 0 Å². The number of anilines is 1. The minimum absolute atomic E-state index is 0.198. The molecule has 3 nitrogen and oxygen atoms in total. The number of sulfonamides is 1. The molecule has 96 valence electrons. The van der Waals surface area contributed by atoms with E-state index in [9.17, 15) is 8.42 Å². The van der Waals surface area contributed by atoms with E-state index in [1.165, 1.54) is 6.07 Å². The molecule has 2 aromatic rings. The summed E-state index contributed by atoms with van der Waals surface area (Å²) < 4.78 is 28.1. The Morgan fingerprint density at radius 2 is 2.00 bits per heavy atom. The molecule has 0 unspecified atom stereocenters. The average Bonchev–Trinajstić information content (AvgIpc) is 2.71. The highest BCUT2D eigenvalue weighted by Crippen LogP contribution is 2.28. The molecule has 1 N–H and O–H groups in total. The minimum atomic E-state index is -3.56. The van der Waals surface area contributed by atoms with Crippen LogP contribution >= 0.6 is 38.9 Å². The molecule has 0 amide bonds. The number of nitrogens with one attached hydrogen (secondary N) is 1. The van der Waals surface area contributed by atoms with Crippen molar-refractivity contribution in [3.05, 3.63) is 44.7 Å². The Morgan fingerprint density at radius 1 is 1.28 bits per heavy atom. The summed E-state index contributed by atoms with van der Waals surface area (Å²) in [6, 6.07) is 8.32. The van der Waals surface area contributed by atoms with Gasteiger partial charge in [0.25, 0.3) is 10.0 Å². The van der Waals surface area contributed by atoms with Crippen LogP contribution in [0.15, 0.2) is 39.0 Å². The third-order valence-corrected chi connectivity index (χ3v) is 6.20. The molecular weight excluding hydrogens is 358 g/mol. The van der Waals surface area contributed by atoms with Crippen molar-refractivity contribution in [3.63, 3.8) is 0 Å². The van der Waals surface area contributed by atoms with Crippen molar-refractivity contribution < 1.29 is 8.42 Å². The molecule has 0 fully saturated rings. The van der Waals surface area contributed by atoms with E-state index in [4.69, 9.17) is 11.6 Å². The molecule has 0 aliphatic carbocycles. The summed E-state index contributed by atoms with van der Waals surface area (Å²) >= 11 is 10.1. The van der Waals surface area contributed by atoms with Gasteiger partial charge in [-0.3, -0.25) is 4.72 Å². The zero-order chi connectivity index (χ0) is 13.3. The van der Waals surface area contributed by atoms with E-state index in [1.54, 1.807) is 18.2 Å². The van der Waals surface area contributed by atoms with Gasteiger partial charge in [-0.15, -0.1) is 11.3 Å². The second-order valence-electron chi connectivity index (χ2n) is 3.63. The lowest BCUT2D eigenvalue weighted by Crippen LogP contribution is -2.11. The van der Waals surface area contributed by atoms with Crippen LogP contribution in [0, 0.1) is 6.92 Å². The fourth-order valence-corrected chi connectivity index (χ4v) is 4.21. The van der Waals surface area contributed by atoms with E-state index in [0.717, 1.165) is 21.4 Å². The number of thiophene rings is 1. The molecule has 1 aromatic carbocycles. The van der Waals surface area contributed by atoms with Crippen LogP contribution in [0.2, 0.25) is 4.34 Å². The number of benzene rings is 1. The quantitative estimate of drug-likeness (QED) is 0.881. The Bertz CT molecular complexity index is 682.